The predicted molar refractivity (Wildman–Crippen MR) is 121 cm³/mol. The number of nitrogens with one attached hydrogen (secondary N) is 1. The maximum Gasteiger partial charge on any atom is 0.270 e. The number of nitro groups is 1. The maximum atomic E-state index is 12.2. The summed E-state index contributed by atoms with van der Waals surface area (Å²) in [5.41, 5.74) is 2.54. The van der Waals surface area contributed by atoms with E-state index >= 15 is 0 Å². The SMILES string of the molecule is O=C(COc1ccc(C2CCCCC2)cc1)Nc1nc(-c2cccc([N+](=O)[O-])c2)cs1. The van der Waals surface area contributed by atoms with Gasteiger partial charge < -0.3 is 4.74 Å². The van der Waals surface area contributed by atoms with Crippen LogP contribution in [-0.4, -0.2) is 22.4 Å². The highest BCUT2D eigenvalue weighted by atomic mass is 32.1. The number of hydrogen-bond donors (Lipinski definition) is 1. The molecule has 1 aromatic heterocycles. The van der Waals surface area contributed by atoms with Crippen LogP contribution in [0.3, 0.4) is 0 Å². The fourth-order valence-electron chi connectivity index (χ4n) is 3.82. The van der Waals surface area contributed by atoms with Crippen LogP contribution in [0.5, 0.6) is 5.75 Å². The predicted octanol–water partition coefficient (Wildman–Crippen LogP) is 5.78. The van der Waals surface area contributed by atoms with Crippen molar-refractivity contribution in [3.8, 4) is 17.0 Å². The van der Waals surface area contributed by atoms with Gasteiger partial charge in [-0.2, -0.15) is 0 Å². The standard InChI is InChI=1S/C23H23N3O4S/c27-22(14-30-20-11-9-17(10-12-20)16-5-2-1-3-6-16)25-23-24-21(15-31-23)18-7-4-8-19(13-18)26(28)29/h4,7-13,15-16H,1-3,5-6,14H2,(H,24,25,27). The summed E-state index contributed by atoms with van der Waals surface area (Å²) in [5, 5.41) is 15.8. The lowest BCUT2D eigenvalue weighted by molar-refractivity contribution is -0.384. The van der Waals surface area contributed by atoms with Crippen molar-refractivity contribution < 1.29 is 14.5 Å². The van der Waals surface area contributed by atoms with Gasteiger partial charge in [0.05, 0.1) is 10.6 Å². The third-order valence-corrected chi connectivity index (χ3v) is 6.19. The molecule has 1 amide bonds. The average Bonchev–Trinajstić information content (AvgIpc) is 3.27. The van der Waals surface area contributed by atoms with Crippen molar-refractivity contribution in [2.45, 2.75) is 38.0 Å². The molecule has 1 fully saturated rings. The van der Waals surface area contributed by atoms with Gasteiger partial charge in [-0.25, -0.2) is 4.98 Å². The summed E-state index contributed by atoms with van der Waals surface area (Å²) in [6.07, 6.45) is 6.41. The Balaban J connectivity index is 1.30. The highest BCUT2D eigenvalue weighted by molar-refractivity contribution is 7.14. The Kier molecular flexibility index (Phi) is 6.57. The molecule has 0 saturated heterocycles. The minimum atomic E-state index is -0.447. The second-order valence-corrected chi connectivity index (χ2v) is 8.44. The van der Waals surface area contributed by atoms with Crippen molar-refractivity contribution in [1.82, 2.24) is 4.98 Å². The number of nitrogens with zero attached hydrogens (tertiary/aromatic N) is 2. The van der Waals surface area contributed by atoms with E-state index in [9.17, 15) is 14.9 Å². The van der Waals surface area contributed by atoms with Gasteiger partial charge in [0.1, 0.15) is 5.75 Å². The van der Waals surface area contributed by atoms with Crippen LogP contribution in [0.15, 0.2) is 53.9 Å². The number of carbonyl (C=O) groups excluding carboxylic acids is 1. The number of thiazole rings is 1. The van der Waals surface area contributed by atoms with E-state index < -0.39 is 4.92 Å². The van der Waals surface area contributed by atoms with Crippen LogP contribution in [0.1, 0.15) is 43.6 Å². The summed E-state index contributed by atoms with van der Waals surface area (Å²) in [6.45, 7) is -0.117. The molecule has 0 radical (unpaired) electrons. The average molecular weight is 438 g/mol. The molecule has 4 rings (SSSR count). The van der Waals surface area contributed by atoms with Crippen molar-refractivity contribution in [3.05, 3.63) is 69.6 Å². The first-order valence-corrected chi connectivity index (χ1v) is 11.2. The van der Waals surface area contributed by atoms with Crippen LogP contribution in [0.2, 0.25) is 0 Å². The Morgan fingerprint density at radius 3 is 2.68 bits per heavy atom. The molecule has 1 aliphatic carbocycles. The zero-order valence-corrected chi connectivity index (χ0v) is 17.8. The van der Waals surface area contributed by atoms with E-state index in [0.29, 0.717) is 28.1 Å². The van der Waals surface area contributed by atoms with Crippen LogP contribution in [0.4, 0.5) is 10.8 Å². The second-order valence-electron chi connectivity index (χ2n) is 7.59. The fraction of sp³-hybridized carbons (Fsp3) is 0.304. The fourth-order valence-corrected chi connectivity index (χ4v) is 4.55. The minimum Gasteiger partial charge on any atom is -0.484 e. The summed E-state index contributed by atoms with van der Waals surface area (Å²) in [6, 6.07) is 14.3. The molecule has 1 aliphatic rings. The van der Waals surface area contributed by atoms with Gasteiger partial charge in [-0.1, -0.05) is 43.5 Å². The number of rotatable bonds is 7. The molecule has 0 atom stereocenters. The van der Waals surface area contributed by atoms with Gasteiger partial charge in [0.2, 0.25) is 0 Å². The van der Waals surface area contributed by atoms with E-state index in [1.807, 2.05) is 12.1 Å². The molecule has 0 unspecified atom stereocenters. The van der Waals surface area contributed by atoms with Crippen molar-refractivity contribution in [1.29, 1.82) is 0 Å². The van der Waals surface area contributed by atoms with Crippen LogP contribution in [0.25, 0.3) is 11.3 Å². The Hall–Kier alpha value is -3.26. The molecule has 7 nitrogen and oxygen atoms in total. The molecular weight excluding hydrogens is 414 g/mol. The van der Waals surface area contributed by atoms with Gasteiger partial charge in [0.15, 0.2) is 11.7 Å². The Morgan fingerprint density at radius 2 is 1.94 bits per heavy atom. The van der Waals surface area contributed by atoms with Gasteiger partial charge in [0.25, 0.3) is 11.6 Å². The Labute approximate surface area is 184 Å². The first-order chi connectivity index (χ1) is 15.1. The first kappa shape index (κ1) is 21.0. The molecule has 0 aliphatic heterocycles. The Bertz CT molecular complexity index is 1060. The number of amides is 1. The molecule has 3 aromatic rings. The monoisotopic (exact) mass is 437 g/mol. The molecule has 160 valence electrons. The topological polar surface area (TPSA) is 94.4 Å². The van der Waals surface area contributed by atoms with Crippen molar-refractivity contribution >= 4 is 28.1 Å². The van der Waals surface area contributed by atoms with E-state index in [0.717, 1.165) is 0 Å². The molecule has 1 N–H and O–H groups in total. The summed E-state index contributed by atoms with van der Waals surface area (Å²) in [7, 11) is 0. The number of carbonyl (C=O) groups is 1. The molecule has 0 bridgehead atoms. The first-order valence-electron chi connectivity index (χ1n) is 10.3. The lowest BCUT2D eigenvalue weighted by atomic mass is 9.84. The van der Waals surface area contributed by atoms with Crippen molar-refractivity contribution in [3.63, 3.8) is 0 Å². The maximum absolute atomic E-state index is 12.2. The number of hydrogen-bond acceptors (Lipinski definition) is 6. The summed E-state index contributed by atoms with van der Waals surface area (Å²) in [4.78, 5) is 27.1. The molecule has 2 aromatic carbocycles. The number of nitro benzene ring substituents is 1. The molecule has 31 heavy (non-hydrogen) atoms. The Morgan fingerprint density at radius 1 is 1.16 bits per heavy atom. The van der Waals surface area contributed by atoms with Gasteiger partial charge >= 0.3 is 0 Å². The quantitative estimate of drug-likeness (QED) is 0.373. The molecule has 0 spiro atoms. The van der Waals surface area contributed by atoms with Gasteiger partial charge in [0, 0.05) is 23.1 Å². The second kappa shape index (κ2) is 9.70. The third kappa shape index (κ3) is 5.46. The van der Waals surface area contributed by atoms with Crippen molar-refractivity contribution in [2.75, 3.05) is 11.9 Å². The largest absolute Gasteiger partial charge is 0.484 e. The zero-order valence-electron chi connectivity index (χ0n) is 17.0. The van der Waals surface area contributed by atoms with Crippen LogP contribution < -0.4 is 10.1 Å². The lowest BCUT2D eigenvalue weighted by Crippen LogP contribution is -2.20. The molecule has 8 heteroatoms. The van der Waals surface area contributed by atoms with Crippen molar-refractivity contribution in [2.24, 2.45) is 0 Å². The van der Waals surface area contributed by atoms with Gasteiger partial charge in [-0.15, -0.1) is 11.3 Å². The smallest absolute Gasteiger partial charge is 0.270 e. The summed E-state index contributed by atoms with van der Waals surface area (Å²) >= 11 is 1.26. The minimum absolute atomic E-state index is 0.000934. The summed E-state index contributed by atoms with van der Waals surface area (Å²) in [5.74, 6) is 0.985. The highest BCUT2D eigenvalue weighted by Gasteiger charge is 2.16. The normalized spacial score (nSPS) is 14.2. The number of non-ortho nitro benzene ring substituents is 1. The number of ether oxygens (including phenoxy) is 1. The number of anilines is 1. The number of benzene rings is 2. The third-order valence-electron chi connectivity index (χ3n) is 5.43. The van der Waals surface area contributed by atoms with E-state index in [-0.39, 0.29) is 18.2 Å². The van der Waals surface area contributed by atoms with Crippen LogP contribution in [0, 0.1) is 10.1 Å². The lowest BCUT2D eigenvalue weighted by Gasteiger charge is -2.22. The zero-order chi connectivity index (χ0) is 21.6. The van der Waals surface area contributed by atoms with E-state index in [1.165, 1.54) is 61.1 Å². The van der Waals surface area contributed by atoms with Gasteiger partial charge in [-0.05, 0) is 36.5 Å². The molecule has 1 saturated carbocycles. The van der Waals surface area contributed by atoms with Gasteiger partial charge in [-0.3, -0.25) is 20.2 Å². The van der Waals surface area contributed by atoms with Crippen LogP contribution >= 0.6 is 11.3 Å². The molecule has 1 heterocycles. The summed E-state index contributed by atoms with van der Waals surface area (Å²) < 4.78 is 5.61. The van der Waals surface area contributed by atoms with E-state index in [2.05, 4.69) is 22.4 Å². The molecular formula is C23H23N3O4S. The van der Waals surface area contributed by atoms with E-state index in [4.69, 9.17) is 4.74 Å². The van der Waals surface area contributed by atoms with Crippen LogP contribution in [-0.2, 0) is 4.79 Å². The highest BCUT2D eigenvalue weighted by Crippen LogP contribution is 2.33. The number of aromatic nitrogens is 1. The van der Waals surface area contributed by atoms with E-state index in [1.54, 1.807) is 17.5 Å².